The molecular weight excluding hydrogens is 251 g/mol. The third kappa shape index (κ3) is 1.52. The van der Waals surface area contributed by atoms with E-state index in [0.29, 0.717) is 12.2 Å². The highest BCUT2D eigenvalue weighted by atomic mass is 19.1. The van der Waals surface area contributed by atoms with Gasteiger partial charge >= 0.3 is 0 Å². The van der Waals surface area contributed by atoms with Gasteiger partial charge in [0, 0.05) is 23.3 Å². The van der Waals surface area contributed by atoms with Gasteiger partial charge in [0.2, 0.25) is 6.29 Å². The Morgan fingerprint density at radius 2 is 2.00 bits per heavy atom. The number of ether oxygens (including phenoxy) is 2. The quantitative estimate of drug-likeness (QED) is 0.751. The molecule has 1 aliphatic carbocycles. The van der Waals surface area contributed by atoms with E-state index in [9.17, 15) is 14.0 Å². The molecule has 1 saturated carbocycles. The van der Waals surface area contributed by atoms with E-state index in [1.807, 2.05) is 0 Å². The molecule has 4 nitrogen and oxygen atoms in total. The first-order chi connectivity index (χ1) is 9.16. The van der Waals surface area contributed by atoms with E-state index in [0.717, 1.165) is 0 Å². The Labute approximate surface area is 108 Å². The molecule has 4 rings (SSSR count). The van der Waals surface area contributed by atoms with Crippen molar-refractivity contribution in [3.63, 3.8) is 0 Å². The molecule has 5 atom stereocenters. The number of benzene rings is 1. The van der Waals surface area contributed by atoms with Gasteiger partial charge in [0.05, 0.1) is 12.7 Å². The lowest BCUT2D eigenvalue weighted by Crippen LogP contribution is -2.30. The highest BCUT2D eigenvalue weighted by Gasteiger charge is 2.68. The largest absolute Gasteiger partial charge is 0.343 e. The molecule has 0 aromatic heterocycles. The van der Waals surface area contributed by atoms with Gasteiger partial charge in [-0.15, -0.1) is 0 Å². The molecule has 2 aliphatic heterocycles. The first-order valence-corrected chi connectivity index (χ1v) is 6.27. The normalized spacial score (nSPS) is 39.0. The van der Waals surface area contributed by atoms with Gasteiger partial charge in [-0.2, -0.15) is 0 Å². The molecule has 0 spiro atoms. The Balaban J connectivity index is 1.60. The van der Waals surface area contributed by atoms with Crippen molar-refractivity contribution in [2.75, 3.05) is 6.61 Å². The van der Waals surface area contributed by atoms with E-state index in [1.165, 1.54) is 24.3 Å². The van der Waals surface area contributed by atoms with Crippen molar-refractivity contribution in [2.24, 2.45) is 17.8 Å². The zero-order valence-electron chi connectivity index (χ0n) is 9.91. The maximum Gasteiger partial charge on any atom is 0.218 e. The van der Waals surface area contributed by atoms with E-state index in [4.69, 9.17) is 9.47 Å². The lowest BCUT2D eigenvalue weighted by atomic mass is 10.0. The molecule has 0 N–H and O–H groups in total. The van der Waals surface area contributed by atoms with E-state index in [2.05, 4.69) is 0 Å². The van der Waals surface area contributed by atoms with Crippen LogP contribution in [0, 0.1) is 23.6 Å². The summed E-state index contributed by atoms with van der Waals surface area (Å²) in [6, 6.07) is 5.43. The van der Waals surface area contributed by atoms with Crippen LogP contribution >= 0.6 is 0 Å². The van der Waals surface area contributed by atoms with Crippen LogP contribution in [0.4, 0.5) is 4.39 Å². The molecule has 1 aromatic carbocycles. The molecule has 19 heavy (non-hydrogen) atoms. The fraction of sp³-hybridized carbons (Fsp3) is 0.429. The van der Waals surface area contributed by atoms with Gasteiger partial charge in [-0.05, 0) is 24.3 Å². The molecular formula is C14H11FO4. The number of carbonyl (C=O) groups excluding carboxylic acids is 2. The minimum absolute atomic E-state index is 0.0659. The summed E-state index contributed by atoms with van der Waals surface area (Å²) in [5.41, 5.74) is 0.449. The van der Waals surface area contributed by atoms with Crippen LogP contribution < -0.4 is 0 Å². The molecule has 0 radical (unpaired) electrons. The predicted molar refractivity (Wildman–Crippen MR) is 60.8 cm³/mol. The van der Waals surface area contributed by atoms with E-state index in [-0.39, 0.29) is 41.2 Å². The van der Waals surface area contributed by atoms with Gasteiger partial charge in [0.25, 0.3) is 0 Å². The van der Waals surface area contributed by atoms with Crippen LogP contribution in [0.1, 0.15) is 10.4 Å². The summed E-state index contributed by atoms with van der Waals surface area (Å²) in [4.78, 5) is 24.3. The minimum Gasteiger partial charge on any atom is -0.343 e. The average molecular weight is 262 g/mol. The molecule has 2 heterocycles. The molecule has 3 fully saturated rings. The Hall–Kier alpha value is -1.59. The van der Waals surface area contributed by atoms with Crippen LogP contribution in [-0.4, -0.2) is 30.6 Å². The number of ketones is 2. The monoisotopic (exact) mass is 262 g/mol. The Bertz CT molecular complexity index is 567. The first-order valence-electron chi connectivity index (χ1n) is 6.27. The molecule has 0 amide bonds. The number of Topliss-reactive ketones (excluding diaryl/α,β-unsaturated/α-hetero) is 2. The average Bonchev–Trinajstić information content (AvgIpc) is 3.02. The van der Waals surface area contributed by atoms with Crippen molar-refractivity contribution in [2.45, 2.75) is 12.4 Å². The number of halogens is 1. The van der Waals surface area contributed by atoms with Crippen molar-refractivity contribution in [1.82, 2.24) is 0 Å². The zero-order valence-corrected chi connectivity index (χ0v) is 9.91. The second kappa shape index (κ2) is 3.71. The second-order valence-electron chi connectivity index (χ2n) is 5.24. The van der Waals surface area contributed by atoms with Gasteiger partial charge in [-0.1, -0.05) is 0 Å². The van der Waals surface area contributed by atoms with Crippen molar-refractivity contribution in [1.29, 1.82) is 0 Å². The van der Waals surface area contributed by atoms with Crippen LogP contribution in [0.25, 0.3) is 0 Å². The summed E-state index contributed by atoms with van der Waals surface area (Å²) in [6.07, 6.45) is -0.931. The molecule has 4 unspecified atom stereocenters. The second-order valence-corrected chi connectivity index (χ2v) is 5.24. The Kier molecular flexibility index (Phi) is 2.20. The van der Waals surface area contributed by atoms with Gasteiger partial charge in [0.1, 0.15) is 5.82 Å². The van der Waals surface area contributed by atoms with E-state index < -0.39 is 6.29 Å². The maximum absolute atomic E-state index is 12.8. The molecule has 1 aromatic rings. The number of hydrogen-bond acceptors (Lipinski definition) is 4. The standard InChI is InChI=1S/C14H11FO4/c15-7-3-1-6(2-4-7)12(16)10-9-8-5-18-14(19-8)13(17)11(9)10/h1-4,8-11,14H,5H2/t8?,9?,10-,11?,14?/m0/s1. The number of hydrogen-bond donors (Lipinski definition) is 0. The summed E-state index contributed by atoms with van der Waals surface area (Å²) < 4.78 is 23.5. The van der Waals surface area contributed by atoms with E-state index in [1.54, 1.807) is 0 Å². The van der Waals surface area contributed by atoms with Crippen molar-refractivity contribution < 1.29 is 23.5 Å². The Morgan fingerprint density at radius 1 is 1.26 bits per heavy atom. The fourth-order valence-electron chi connectivity index (χ4n) is 3.24. The van der Waals surface area contributed by atoms with Crippen molar-refractivity contribution >= 4 is 11.6 Å². The van der Waals surface area contributed by atoms with Crippen LogP contribution in [0.5, 0.6) is 0 Å². The smallest absolute Gasteiger partial charge is 0.218 e. The summed E-state index contributed by atoms with van der Waals surface area (Å²) in [7, 11) is 0. The lowest BCUT2D eigenvalue weighted by molar-refractivity contribution is -0.153. The Morgan fingerprint density at radius 3 is 2.74 bits per heavy atom. The van der Waals surface area contributed by atoms with Crippen LogP contribution in [0.3, 0.4) is 0 Å². The van der Waals surface area contributed by atoms with Gasteiger partial charge in [-0.3, -0.25) is 9.59 Å². The van der Waals surface area contributed by atoms with Gasteiger partial charge < -0.3 is 9.47 Å². The van der Waals surface area contributed by atoms with E-state index >= 15 is 0 Å². The number of rotatable bonds is 2. The molecule has 98 valence electrons. The summed E-state index contributed by atoms with van der Waals surface area (Å²) in [5.74, 6) is -1.26. The van der Waals surface area contributed by atoms with Crippen molar-refractivity contribution in [3.8, 4) is 0 Å². The third-order valence-electron chi connectivity index (χ3n) is 4.21. The minimum atomic E-state index is -0.780. The fourth-order valence-corrected chi connectivity index (χ4v) is 3.24. The SMILES string of the molecule is O=C1C2OCC(O2)C2C1[C@H]2C(=O)c1ccc(F)cc1. The topological polar surface area (TPSA) is 52.6 Å². The molecule has 3 aliphatic rings. The van der Waals surface area contributed by atoms with Gasteiger partial charge in [-0.25, -0.2) is 4.39 Å². The van der Waals surface area contributed by atoms with Crippen LogP contribution in [0.15, 0.2) is 24.3 Å². The highest BCUT2D eigenvalue weighted by molar-refractivity contribution is 6.05. The summed E-state index contributed by atoms with van der Waals surface area (Å²) >= 11 is 0. The zero-order chi connectivity index (χ0) is 13.1. The van der Waals surface area contributed by atoms with Crippen LogP contribution in [0.2, 0.25) is 0 Å². The third-order valence-corrected chi connectivity index (χ3v) is 4.21. The van der Waals surface area contributed by atoms with Crippen LogP contribution in [-0.2, 0) is 14.3 Å². The number of carbonyl (C=O) groups is 2. The molecule has 5 heteroatoms. The predicted octanol–water partition coefficient (Wildman–Crippen LogP) is 1.19. The highest BCUT2D eigenvalue weighted by Crippen LogP contribution is 2.57. The summed E-state index contributed by atoms with van der Waals surface area (Å²) in [6.45, 7) is 0.380. The maximum atomic E-state index is 12.8. The number of fused-ring (bicyclic) bond motifs is 4. The van der Waals surface area contributed by atoms with Gasteiger partial charge in [0.15, 0.2) is 11.6 Å². The molecule has 2 saturated heterocycles. The molecule has 2 bridgehead atoms. The lowest BCUT2D eigenvalue weighted by Gasteiger charge is -2.14. The van der Waals surface area contributed by atoms with Crippen molar-refractivity contribution in [3.05, 3.63) is 35.6 Å². The summed E-state index contributed by atoms with van der Waals surface area (Å²) in [5, 5.41) is 0. The first kappa shape index (κ1) is 11.3.